The molecule has 0 nitrogen and oxygen atoms in total. The highest BCUT2D eigenvalue weighted by molar-refractivity contribution is 4.60. The number of rotatable bonds is 2. The molecule has 0 spiro atoms. The lowest BCUT2D eigenvalue weighted by atomic mass is 10.2. The fourth-order valence-electron chi connectivity index (χ4n) is 1.48. The van der Waals surface area contributed by atoms with E-state index in [2.05, 4.69) is 34.6 Å². The van der Waals surface area contributed by atoms with Gasteiger partial charge >= 0.3 is 0 Å². The van der Waals surface area contributed by atoms with Crippen LogP contribution in [0.5, 0.6) is 0 Å². The van der Waals surface area contributed by atoms with Crippen molar-refractivity contribution in [2.45, 2.75) is 128 Å². The van der Waals surface area contributed by atoms with Gasteiger partial charge in [0.25, 0.3) is 0 Å². The predicted octanol–water partition coefficient (Wildman–Crippen LogP) is 8.89. The molecular weight excluding hydrogens is 240 g/mol. The summed E-state index contributed by atoms with van der Waals surface area (Å²) in [5, 5.41) is 0. The lowest BCUT2D eigenvalue weighted by Crippen LogP contribution is -1.78. The molecule has 0 radical (unpaired) electrons. The van der Waals surface area contributed by atoms with Crippen LogP contribution in [0.25, 0.3) is 0 Å². The molecule has 1 aliphatic rings. The maximum Gasteiger partial charge on any atom is -0.0443 e. The minimum atomic E-state index is 1.05. The molecule has 0 heteroatoms. The summed E-state index contributed by atoms with van der Waals surface area (Å²) in [6.45, 7) is 23.0. The summed E-state index contributed by atoms with van der Waals surface area (Å²) in [5.41, 5.74) is 0. The fraction of sp³-hybridized carbons (Fsp3) is 1.00. The largest absolute Gasteiger partial charge is 0.0683 e. The maximum absolute atomic E-state index is 2.34. The Kier molecular flexibility index (Phi) is 81.6. The van der Waals surface area contributed by atoms with Crippen molar-refractivity contribution in [3.8, 4) is 0 Å². The van der Waals surface area contributed by atoms with Crippen LogP contribution in [0.2, 0.25) is 0 Å². The predicted molar refractivity (Wildman–Crippen MR) is 103 cm³/mol. The van der Waals surface area contributed by atoms with Crippen LogP contribution in [0.15, 0.2) is 0 Å². The van der Waals surface area contributed by atoms with Gasteiger partial charge in [0.2, 0.25) is 0 Å². The lowest BCUT2D eigenvalue weighted by molar-refractivity contribution is 0.612. The third kappa shape index (κ3) is 64.2. The Balaban J connectivity index is -0.0000000490. The minimum absolute atomic E-state index is 1.05. The van der Waals surface area contributed by atoms with E-state index in [1.807, 2.05) is 41.5 Å². The maximum atomic E-state index is 2.34. The topological polar surface area (TPSA) is 0 Å². The zero-order valence-corrected chi connectivity index (χ0v) is 17.2. The van der Waals surface area contributed by atoms with Gasteiger partial charge in [-0.2, -0.15) is 0 Å². The zero-order valence-electron chi connectivity index (χ0n) is 17.2. The van der Waals surface area contributed by atoms with E-state index in [0.29, 0.717) is 0 Å². The van der Waals surface area contributed by atoms with E-state index in [1.165, 1.54) is 51.4 Å². The van der Waals surface area contributed by atoms with Crippen LogP contribution in [0.4, 0.5) is 0 Å². The van der Waals surface area contributed by atoms with E-state index in [1.54, 1.807) is 0 Å². The van der Waals surface area contributed by atoms with Crippen LogP contribution in [0.1, 0.15) is 128 Å². The highest BCUT2D eigenvalue weighted by atomic mass is 14.1. The average molecular weight is 291 g/mol. The summed E-state index contributed by atoms with van der Waals surface area (Å²) in [7, 11) is 0. The van der Waals surface area contributed by atoms with E-state index in [0.717, 1.165) is 5.92 Å². The smallest absolute Gasteiger partial charge is 0.0443 e. The van der Waals surface area contributed by atoms with Crippen LogP contribution in [-0.2, 0) is 0 Å². The average Bonchev–Trinajstić information content (AvgIpc) is 2.99. The summed E-state index contributed by atoms with van der Waals surface area (Å²) < 4.78 is 0. The van der Waals surface area contributed by atoms with E-state index in [4.69, 9.17) is 0 Å². The Morgan fingerprint density at radius 3 is 0.950 bits per heavy atom. The monoisotopic (exact) mass is 290 g/mol. The quantitative estimate of drug-likeness (QED) is 0.476. The van der Waals surface area contributed by atoms with Crippen molar-refractivity contribution in [2.75, 3.05) is 0 Å². The molecule has 130 valence electrons. The van der Waals surface area contributed by atoms with Gasteiger partial charge in [-0.1, -0.05) is 128 Å². The van der Waals surface area contributed by atoms with Crippen molar-refractivity contribution in [2.24, 2.45) is 5.92 Å². The fourth-order valence-corrected chi connectivity index (χ4v) is 1.48. The summed E-state index contributed by atoms with van der Waals surface area (Å²) in [5.74, 6) is 1.05. The van der Waals surface area contributed by atoms with Crippen LogP contribution in [0.3, 0.4) is 0 Å². The highest BCUT2D eigenvalue weighted by Crippen LogP contribution is 2.22. The SMILES string of the molecule is CC.CC.CC.CC1CCCC1.CCC.CCCCC. The molecule has 0 aromatic carbocycles. The summed E-state index contributed by atoms with van der Waals surface area (Å²) in [6.07, 6.45) is 11.3. The molecule has 0 aliphatic heterocycles. The molecular formula is C20H50. The van der Waals surface area contributed by atoms with Gasteiger partial charge < -0.3 is 0 Å². The minimum Gasteiger partial charge on any atom is -0.0683 e. The first-order valence-corrected chi connectivity index (χ1v) is 9.72. The zero-order chi connectivity index (χ0) is 17.2. The highest BCUT2D eigenvalue weighted by Gasteiger charge is 2.07. The van der Waals surface area contributed by atoms with Gasteiger partial charge in [0, 0.05) is 0 Å². The first-order valence-electron chi connectivity index (χ1n) is 9.72. The molecule has 0 unspecified atom stereocenters. The first kappa shape index (κ1) is 32.1. The van der Waals surface area contributed by atoms with Crippen LogP contribution in [0, 0.1) is 5.92 Å². The van der Waals surface area contributed by atoms with Gasteiger partial charge in [0.1, 0.15) is 0 Å². The van der Waals surface area contributed by atoms with Crippen molar-refractivity contribution in [1.29, 1.82) is 0 Å². The van der Waals surface area contributed by atoms with E-state index < -0.39 is 0 Å². The Morgan fingerprint density at radius 1 is 0.650 bits per heavy atom. The Morgan fingerprint density at radius 2 is 0.900 bits per heavy atom. The van der Waals surface area contributed by atoms with Gasteiger partial charge in [-0.25, -0.2) is 0 Å². The van der Waals surface area contributed by atoms with Crippen LogP contribution >= 0.6 is 0 Å². The van der Waals surface area contributed by atoms with E-state index >= 15 is 0 Å². The number of unbranched alkanes of at least 4 members (excludes halogenated alkanes) is 2. The van der Waals surface area contributed by atoms with Crippen molar-refractivity contribution in [3.05, 3.63) is 0 Å². The van der Waals surface area contributed by atoms with Crippen molar-refractivity contribution >= 4 is 0 Å². The second kappa shape index (κ2) is 50.9. The normalized spacial score (nSPS) is 11.6. The summed E-state index contributed by atoms with van der Waals surface area (Å²) >= 11 is 0. The molecule has 0 aromatic heterocycles. The van der Waals surface area contributed by atoms with Crippen molar-refractivity contribution < 1.29 is 0 Å². The molecule has 1 fully saturated rings. The molecule has 1 rings (SSSR count). The third-order valence-corrected chi connectivity index (χ3v) is 2.35. The molecule has 0 atom stereocenters. The molecule has 0 heterocycles. The number of hydrogen-bond acceptors (Lipinski definition) is 0. The van der Waals surface area contributed by atoms with Gasteiger partial charge in [0.05, 0.1) is 0 Å². The Hall–Kier alpha value is 0. The standard InChI is InChI=1S/C6H12.C5H12.C3H8.3C2H6/c1-6-4-2-3-5-6;1-3-5-4-2;1-3-2;3*1-2/h6H,2-5H2,1H3;3-5H2,1-2H3;3H2,1-2H3;3*1-2H3. The lowest BCUT2D eigenvalue weighted by Gasteiger charge is -1.91. The van der Waals surface area contributed by atoms with Gasteiger partial charge in [0.15, 0.2) is 0 Å². The molecule has 1 saturated carbocycles. The van der Waals surface area contributed by atoms with E-state index in [9.17, 15) is 0 Å². The summed E-state index contributed by atoms with van der Waals surface area (Å²) in [4.78, 5) is 0. The van der Waals surface area contributed by atoms with Crippen LogP contribution < -0.4 is 0 Å². The Bertz CT molecular complexity index is 68.1. The van der Waals surface area contributed by atoms with E-state index in [-0.39, 0.29) is 0 Å². The molecule has 0 saturated heterocycles. The van der Waals surface area contributed by atoms with Crippen molar-refractivity contribution in [1.82, 2.24) is 0 Å². The second-order valence-electron chi connectivity index (χ2n) is 4.45. The number of hydrogen-bond donors (Lipinski definition) is 0. The van der Waals surface area contributed by atoms with Crippen molar-refractivity contribution in [3.63, 3.8) is 0 Å². The van der Waals surface area contributed by atoms with Gasteiger partial charge in [-0.05, 0) is 5.92 Å². The van der Waals surface area contributed by atoms with Crippen LogP contribution in [-0.4, -0.2) is 0 Å². The Labute approximate surface area is 134 Å². The summed E-state index contributed by atoms with van der Waals surface area (Å²) in [6, 6.07) is 0. The van der Waals surface area contributed by atoms with Gasteiger partial charge in [-0.15, -0.1) is 0 Å². The molecule has 1 aliphatic carbocycles. The first-order chi connectivity index (χ1) is 9.72. The molecule has 0 N–H and O–H groups in total. The molecule has 0 aromatic rings. The second-order valence-corrected chi connectivity index (χ2v) is 4.45. The molecule has 20 heavy (non-hydrogen) atoms. The van der Waals surface area contributed by atoms with Gasteiger partial charge in [-0.3, -0.25) is 0 Å². The third-order valence-electron chi connectivity index (χ3n) is 2.35. The molecule has 0 bridgehead atoms. The molecule has 0 amide bonds.